The molecule has 0 saturated heterocycles. The van der Waals surface area contributed by atoms with Crippen LogP contribution in [0.3, 0.4) is 0 Å². The van der Waals surface area contributed by atoms with Gasteiger partial charge in [0.05, 0.1) is 7.11 Å². The molecule has 2 rings (SSSR count). The average Bonchev–Trinajstić information content (AvgIpc) is 2.47. The van der Waals surface area contributed by atoms with Crippen molar-refractivity contribution in [2.24, 2.45) is 5.73 Å². The van der Waals surface area contributed by atoms with E-state index >= 15 is 0 Å². The number of benzene rings is 1. The van der Waals surface area contributed by atoms with Crippen molar-refractivity contribution in [3.63, 3.8) is 0 Å². The number of hydrogen-bond donors (Lipinski definition) is 2. The van der Waals surface area contributed by atoms with Crippen molar-refractivity contribution in [3.05, 3.63) is 53.6 Å². The molecular weight excluding hydrogens is 293 g/mol. The molecule has 1 heterocycles. The fourth-order valence-electron chi connectivity index (χ4n) is 1.61. The highest BCUT2D eigenvalue weighted by molar-refractivity contribution is 7.80. The van der Waals surface area contributed by atoms with Gasteiger partial charge in [-0.2, -0.15) is 0 Å². The van der Waals surface area contributed by atoms with E-state index in [2.05, 4.69) is 10.3 Å². The second-order valence-corrected chi connectivity index (χ2v) is 4.54. The molecule has 1 aromatic heterocycles. The van der Waals surface area contributed by atoms with Gasteiger partial charge in [0.1, 0.15) is 10.7 Å². The minimum atomic E-state index is -0.563. The van der Waals surface area contributed by atoms with Crippen LogP contribution in [0, 0.1) is 5.82 Å². The largest absolute Gasteiger partial charge is 0.494 e. The fourth-order valence-corrected chi connectivity index (χ4v) is 1.73. The Morgan fingerprint density at radius 3 is 2.67 bits per heavy atom. The standard InChI is InChI=1S/C14H12FN3O2S/c1-20-12-5-3-9(6-10(12)15)18-14(19)11-4-2-8(7-17-11)13(16)21/h2-7H,1H3,(H2,16,21)(H,18,19). The Hall–Kier alpha value is -2.54. The maximum atomic E-state index is 13.5. The maximum Gasteiger partial charge on any atom is 0.274 e. The molecule has 3 N–H and O–H groups in total. The van der Waals surface area contributed by atoms with Crippen molar-refractivity contribution >= 4 is 28.8 Å². The van der Waals surface area contributed by atoms with Crippen LogP contribution >= 0.6 is 12.2 Å². The minimum absolute atomic E-state index is 0.104. The maximum absolute atomic E-state index is 13.5. The molecule has 0 radical (unpaired) electrons. The molecule has 0 bridgehead atoms. The Kier molecular flexibility index (Phi) is 4.44. The first-order valence-corrected chi connectivity index (χ1v) is 6.33. The van der Waals surface area contributed by atoms with Gasteiger partial charge in [-0.25, -0.2) is 4.39 Å². The molecule has 0 aliphatic heterocycles. The van der Waals surface area contributed by atoms with Crippen LogP contribution in [0.15, 0.2) is 36.5 Å². The number of ether oxygens (including phenoxy) is 1. The highest BCUT2D eigenvalue weighted by Gasteiger charge is 2.10. The van der Waals surface area contributed by atoms with Crippen molar-refractivity contribution in [3.8, 4) is 5.75 Å². The van der Waals surface area contributed by atoms with Gasteiger partial charge in [-0.3, -0.25) is 9.78 Å². The normalized spacial score (nSPS) is 10.0. The van der Waals surface area contributed by atoms with Crippen LogP contribution in [0.25, 0.3) is 0 Å². The lowest BCUT2D eigenvalue weighted by Gasteiger charge is -2.07. The van der Waals surface area contributed by atoms with Crippen LogP contribution in [0.1, 0.15) is 16.1 Å². The fraction of sp³-hybridized carbons (Fsp3) is 0.0714. The number of rotatable bonds is 4. The van der Waals surface area contributed by atoms with Crippen molar-refractivity contribution in [1.29, 1.82) is 0 Å². The smallest absolute Gasteiger partial charge is 0.274 e. The highest BCUT2D eigenvalue weighted by Crippen LogP contribution is 2.20. The molecule has 2 aromatic rings. The van der Waals surface area contributed by atoms with E-state index in [1.54, 1.807) is 6.07 Å². The number of halogens is 1. The summed E-state index contributed by atoms with van der Waals surface area (Å²) in [6.07, 6.45) is 1.41. The van der Waals surface area contributed by atoms with E-state index in [9.17, 15) is 9.18 Å². The number of methoxy groups -OCH3 is 1. The molecular formula is C14H12FN3O2S. The summed E-state index contributed by atoms with van der Waals surface area (Å²) < 4.78 is 18.3. The van der Waals surface area contributed by atoms with Crippen LogP contribution in [-0.4, -0.2) is 23.0 Å². The topological polar surface area (TPSA) is 77.2 Å². The number of amides is 1. The minimum Gasteiger partial charge on any atom is -0.494 e. The lowest BCUT2D eigenvalue weighted by atomic mass is 10.2. The predicted molar refractivity (Wildman–Crippen MR) is 81.0 cm³/mol. The molecule has 0 atom stereocenters. The summed E-state index contributed by atoms with van der Waals surface area (Å²) in [4.78, 5) is 16.1. The first-order valence-electron chi connectivity index (χ1n) is 5.92. The quantitative estimate of drug-likeness (QED) is 0.846. The molecule has 108 valence electrons. The van der Waals surface area contributed by atoms with Crippen LogP contribution in [0.4, 0.5) is 10.1 Å². The SMILES string of the molecule is COc1ccc(NC(=O)c2ccc(C(N)=S)cn2)cc1F. The number of anilines is 1. The summed E-state index contributed by atoms with van der Waals surface area (Å²) in [6.45, 7) is 0. The molecule has 0 fully saturated rings. The monoisotopic (exact) mass is 305 g/mol. The third kappa shape index (κ3) is 3.51. The van der Waals surface area contributed by atoms with Gasteiger partial charge in [-0.05, 0) is 24.3 Å². The summed E-state index contributed by atoms with van der Waals surface area (Å²) in [7, 11) is 1.37. The molecule has 5 nitrogen and oxygen atoms in total. The Balaban J connectivity index is 2.14. The van der Waals surface area contributed by atoms with Gasteiger partial charge in [0.15, 0.2) is 11.6 Å². The number of carbonyl (C=O) groups excluding carboxylic acids is 1. The first kappa shape index (κ1) is 14.9. The molecule has 0 aliphatic carbocycles. The van der Waals surface area contributed by atoms with Crippen LogP contribution < -0.4 is 15.8 Å². The number of aromatic nitrogens is 1. The highest BCUT2D eigenvalue weighted by atomic mass is 32.1. The molecule has 1 aromatic carbocycles. The van der Waals surface area contributed by atoms with Crippen LogP contribution in [0.2, 0.25) is 0 Å². The van der Waals surface area contributed by atoms with E-state index in [-0.39, 0.29) is 16.4 Å². The zero-order valence-electron chi connectivity index (χ0n) is 11.1. The van der Waals surface area contributed by atoms with E-state index in [0.29, 0.717) is 11.3 Å². The van der Waals surface area contributed by atoms with Crippen LogP contribution in [0.5, 0.6) is 5.75 Å². The van der Waals surface area contributed by atoms with Gasteiger partial charge in [-0.1, -0.05) is 12.2 Å². The Morgan fingerprint density at radius 2 is 2.14 bits per heavy atom. The number of nitrogens with zero attached hydrogens (tertiary/aromatic N) is 1. The molecule has 0 unspecified atom stereocenters. The van der Waals surface area contributed by atoms with Crippen molar-refractivity contribution in [2.75, 3.05) is 12.4 Å². The Morgan fingerprint density at radius 1 is 1.38 bits per heavy atom. The first-order chi connectivity index (χ1) is 10.0. The number of carbonyl (C=O) groups is 1. The number of thiocarbonyl (C=S) groups is 1. The Bertz CT molecular complexity index is 689. The Labute approximate surface area is 125 Å². The number of nitrogens with two attached hydrogens (primary N) is 1. The van der Waals surface area contributed by atoms with E-state index in [1.807, 2.05) is 0 Å². The number of hydrogen-bond acceptors (Lipinski definition) is 4. The zero-order valence-corrected chi connectivity index (χ0v) is 11.9. The molecule has 7 heteroatoms. The second kappa shape index (κ2) is 6.27. The molecule has 0 saturated carbocycles. The number of nitrogens with one attached hydrogen (secondary N) is 1. The predicted octanol–water partition coefficient (Wildman–Crippen LogP) is 2.12. The van der Waals surface area contributed by atoms with Crippen molar-refractivity contribution < 1.29 is 13.9 Å². The number of pyridine rings is 1. The van der Waals surface area contributed by atoms with Gasteiger partial charge < -0.3 is 15.8 Å². The van der Waals surface area contributed by atoms with E-state index in [1.165, 1.54) is 37.6 Å². The van der Waals surface area contributed by atoms with Gasteiger partial charge in [0.2, 0.25) is 0 Å². The van der Waals surface area contributed by atoms with E-state index in [0.717, 1.165) is 0 Å². The van der Waals surface area contributed by atoms with Gasteiger partial charge >= 0.3 is 0 Å². The third-order valence-corrected chi connectivity index (χ3v) is 2.93. The third-order valence-electron chi connectivity index (χ3n) is 2.69. The summed E-state index contributed by atoms with van der Waals surface area (Å²) in [5.41, 5.74) is 6.49. The molecule has 1 amide bonds. The summed E-state index contributed by atoms with van der Waals surface area (Å²) in [5, 5.41) is 2.54. The summed E-state index contributed by atoms with van der Waals surface area (Å²) >= 11 is 4.80. The molecule has 0 aliphatic rings. The second-order valence-electron chi connectivity index (χ2n) is 4.10. The summed E-state index contributed by atoms with van der Waals surface area (Å²) in [6, 6.07) is 7.21. The van der Waals surface area contributed by atoms with Gasteiger partial charge in [0.25, 0.3) is 5.91 Å². The van der Waals surface area contributed by atoms with E-state index in [4.69, 9.17) is 22.7 Å². The molecule has 21 heavy (non-hydrogen) atoms. The van der Waals surface area contributed by atoms with E-state index < -0.39 is 11.7 Å². The lowest BCUT2D eigenvalue weighted by molar-refractivity contribution is 0.102. The van der Waals surface area contributed by atoms with Crippen molar-refractivity contribution in [2.45, 2.75) is 0 Å². The zero-order chi connectivity index (χ0) is 15.4. The van der Waals surface area contributed by atoms with Gasteiger partial charge in [-0.15, -0.1) is 0 Å². The lowest BCUT2D eigenvalue weighted by Crippen LogP contribution is -2.15. The van der Waals surface area contributed by atoms with Crippen LogP contribution in [-0.2, 0) is 0 Å². The van der Waals surface area contributed by atoms with Crippen molar-refractivity contribution in [1.82, 2.24) is 4.98 Å². The van der Waals surface area contributed by atoms with Gasteiger partial charge in [0, 0.05) is 23.5 Å². The summed E-state index contributed by atoms with van der Waals surface area (Å²) in [5.74, 6) is -0.923. The molecule has 0 spiro atoms. The average molecular weight is 305 g/mol.